The normalized spacial score (nSPS) is 12.4. The molecule has 0 amide bonds. The number of ether oxygens (including phenoxy) is 3. The van der Waals surface area contributed by atoms with Gasteiger partial charge in [-0.3, -0.25) is 14.4 Å². The van der Waals surface area contributed by atoms with Gasteiger partial charge < -0.3 is 14.2 Å². The van der Waals surface area contributed by atoms with Crippen LogP contribution in [0.25, 0.3) is 0 Å². The number of esters is 3. The van der Waals surface area contributed by atoms with Crippen molar-refractivity contribution in [1.29, 1.82) is 0 Å². The first kappa shape index (κ1) is 55.4. The van der Waals surface area contributed by atoms with Gasteiger partial charge in [-0.1, -0.05) is 185 Å². The van der Waals surface area contributed by atoms with Crippen LogP contribution in [0.15, 0.2) is 48.6 Å². The summed E-state index contributed by atoms with van der Waals surface area (Å²) in [5.74, 6) is -0.901. The third-order valence-corrected chi connectivity index (χ3v) is 10.5. The van der Waals surface area contributed by atoms with Crippen molar-refractivity contribution in [2.24, 2.45) is 0 Å². The van der Waals surface area contributed by atoms with E-state index in [0.717, 1.165) is 83.5 Å². The molecule has 0 fully saturated rings. The number of rotatable bonds is 44. The van der Waals surface area contributed by atoms with E-state index in [1.165, 1.54) is 122 Å². The molecule has 0 heterocycles. The molecule has 0 bridgehead atoms. The van der Waals surface area contributed by atoms with E-state index in [4.69, 9.17) is 14.2 Å². The second-order valence-corrected chi connectivity index (χ2v) is 16.3. The van der Waals surface area contributed by atoms with Crippen molar-refractivity contribution in [1.82, 2.24) is 0 Å². The molecule has 0 N–H and O–H groups in total. The molecule has 1 atom stereocenters. The predicted octanol–water partition coefficient (Wildman–Crippen LogP) is 15.9. The average molecular weight is 813 g/mol. The molecule has 0 aliphatic heterocycles. The highest BCUT2D eigenvalue weighted by atomic mass is 16.6. The Morgan fingerprint density at radius 1 is 0.362 bits per heavy atom. The van der Waals surface area contributed by atoms with E-state index in [-0.39, 0.29) is 31.1 Å². The Labute approximate surface area is 358 Å². The summed E-state index contributed by atoms with van der Waals surface area (Å²) >= 11 is 0. The number of hydrogen-bond donors (Lipinski definition) is 0. The molecule has 0 radical (unpaired) electrons. The molecule has 1 unspecified atom stereocenters. The van der Waals surface area contributed by atoms with Crippen molar-refractivity contribution in [2.75, 3.05) is 13.2 Å². The van der Waals surface area contributed by atoms with Crippen LogP contribution in [0.1, 0.15) is 245 Å². The smallest absolute Gasteiger partial charge is 0.306 e. The second-order valence-electron chi connectivity index (χ2n) is 16.3. The van der Waals surface area contributed by atoms with Crippen LogP contribution in [-0.2, 0) is 28.6 Å². The third kappa shape index (κ3) is 44.5. The molecule has 0 aromatic carbocycles. The fraction of sp³-hybridized carbons (Fsp3) is 0.788. The molecule has 0 rings (SSSR count). The number of hydrogen-bond acceptors (Lipinski definition) is 6. The lowest BCUT2D eigenvalue weighted by molar-refractivity contribution is -0.167. The highest BCUT2D eigenvalue weighted by Crippen LogP contribution is 2.14. The van der Waals surface area contributed by atoms with E-state index in [2.05, 4.69) is 69.4 Å². The Morgan fingerprint density at radius 2 is 0.690 bits per heavy atom. The van der Waals surface area contributed by atoms with Crippen molar-refractivity contribution >= 4 is 17.9 Å². The quantitative estimate of drug-likeness (QED) is 0.0264. The molecule has 0 spiro atoms. The van der Waals surface area contributed by atoms with E-state index in [1.54, 1.807) is 0 Å². The summed E-state index contributed by atoms with van der Waals surface area (Å²) in [7, 11) is 0. The van der Waals surface area contributed by atoms with Gasteiger partial charge in [0.2, 0.25) is 0 Å². The third-order valence-electron chi connectivity index (χ3n) is 10.5. The Balaban J connectivity index is 4.38. The summed E-state index contributed by atoms with van der Waals surface area (Å²) in [6.07, 6.45) is 55.2. The van der Waals surface area contributed by atoms with Gasteiger partial charge in [-0.05, 0) is 89.9 Å². The maximum Gasteiger partial charge on any atom is 0.306 e. The fourth-order valence-electron chi connectivity index (χ4n) is 6.81. The summed E-state index contributed by atoms with van der Waals surface area (Å²) in [5, 5.41) is 0. The van der Waals surface area contributed by atoms with Crippen LogP contribution >= 0.6 is 0 Å². The predicted molar refractivity (Wildman–Crippen MR) is 247 cm³/mol. The van der Waals surface area contributed by atoms with Crippen molar-refractivity contribution in [2.45, 2.75) is 252 Å². The van der Waals surface area contributed by atoms with Gasteiger partial charge in [0, 0.05) is 19.3 Å². The first-order valence-corrected chi connectivity index (χ1v) is 24.6. The van der Waals surface area contributed by atoms with Crippen LogP contribution in [0.5, 0.6) is 0 Å². The summed E-state index contributed by atoms with van der Waals surface area (Å²) in [6, 6.07) is 0. The number of unbranched alkanes of at least 4 members (excludes halogenated alkanes) is 25. The standard InChI is InChI=1S/C52H92O6/c1-4-7-10-13-16-19-22-24-26-28-30-33-36-39-42-45-51(54)57-48-49(47-56-50(53)44-41-38-35-32-29-21-18-15-12-9-6-3)58-52(55)46-43-40-37-34-31-27-25-23-20-17-14-11-8-5-2/h8,11,15,17-20,22,49H,4-7,9-10,12-14,16,21,23-48H2,1-3H3/b11-8-,18-15-,20-17-,22-19-. The number of carbonyl (C=O) groups excluding carboxylic acids is 3. The van der Waals surface area contributed by atoms with Crippen LogP contribution in [0.2, 0.25) is 0 Å². The van der Waals surface area contributed by atoms with Gasteiger partial charge in [0.05, 0.1) is 0 Å². The molecule has 0 saturated carbocycles. The Hall–Kier alpha value is -2.63. The summed E-state index contributed by atoms with van der Waals surface area (Å²) in [4.78, 5) is 37.9. The highest BCUT2D eigenvalue weighted by Gasteiger charge is 2.19. The highest BCUT2D eigenvalue weighted by molar-refractivity contribution is 5.71. The lowest BCUT2D eigenvalue weighted by Gasteiger charge is -2.18. The molecule has 0 aliphatic rings. The minimum Gasteiger partial charge on any atom is -0.462 e. The van der Waals surface area contributed by atoms with E-state index >= 15 is 0 Å². The van der Waals surface area contributed by atoms with Crippen molar-refractivity contribution in [3.63, 3.8) is 0 Å². The van der Waals surface area contributed by atoms with E-state index in [9.17, 15) is 14.4 Å². The van der Waals surface area contributed by atoms with E-state index < -0.39 is 6.10 Å². The minimum absolute atomic E-state index is 0.0808. The van der Waals surface area contributed by atoms with Gasteiger partial charge in [0.1, 0.15) is 13.2 Å². The van der Waals surface area contributed by atoms with Crippen LogP contribution in [0, 0.1) is 0 Å². The number of allylic oxidation sites excluding steroid dienone is 8. The molecule has 0 aromatic rings. The molecule has 6 heteroatoms. The van der Waals surface area contributed by atoms with Crippen LogP contribution in [0.3, 0.4) is 0 Å². The molecule has 6 nitrogen and oxygen atoms in total. The maximum absolute atomic E-state index is 12.8. The topological polar surface area (TPSA) is 78.9 Å². The zero-order chi connectivity index (χ0) is 42.3. The SMILES string of the molecule is CC/C=C\C/C=C\CCCCCCCCCC(=O)OC(COC(=O)CCCCCCC/C=C\CCCC)COC(=O)CCCCCCCCC/C=C\CCCCCC. The first-order chi connectivity index (χ1) is 28.5. The molecular formula is C52H92O6. The van der Waals surface area contributed by atoms with E-state index in [1.807, 2.05) is 0 Å². The van der Waals surface area contributed by atoms with Crippen LogP contribution < -0.4 is 0 Å². The van der Waals surface area contributed by atoms with Gasteiger partial charge in [0.25, 0.3) is 0 Å². The molecule has 0 saturated heterocycles. The summed E-state index contributed by atoms with van der Waals surface area (Å²) in [5.41, 5.74) is 0. The van der Waals surface area contributed by atoms with Gasteiger partial charge in [0.15, 0.2) is 6.10 Å². The lowest BCUT2D eigenvalue weighted by Crippen LogP contribution is -2.30. The lowest BCUT2D eigenvalue weighted by atomic mass is 10.1. The zero-order valence-corrected chi connectivity index (χ0v) is 38.3. The minimum atomic E-state index is -0.779. The largest absolute Gasteiger partial charge is 0.462 e. The Bertz CT molecular complexity index is 1030. The summed E-state index contributed by atoms with van der Waals surface area (Å²) < 4.78 is 16.7. The van der Waals surface area contributed by atoms with Gasteiger partial charge in [-0.15, -0.1) is 0 Å². The monoisotopic (exact) mass is 813 g/mol. The Morgan fingerprint density at radius 3 is 1.10 bits per heavy atom. The molecule has 336 valence electrons. The van der Waals surface area contributed by atoms with Crippen molar-refractivity contribution < 1.29 is 28.6 Å². The molecule has 0 aliphatic carbocycles. The zero-order valence-electron chi connectivity index (χ0n) is 38.3. The molecular weight excluding hydrogens is 721 g/mol. The fourth-order valence-corrected chi connectivity index (χ4v) is 6.81. The molecule has 0 aromatic heterocycles. The van der Waals surface area contributed by atoms with Gasteiger partial charge in [-0.25, -0.2) is 0 Å². The van der Waals surface area contributed by atoms with Crippen LogP contribution in [0.4, 0.5) is 0 Å². The summed E-state index contributed by atoms with van der Waals surface area (Å²) in [6.45, 7) is 6.47. The van der Waals surface area contributed by atoms with Gasteiger partial charge in [-0.2, -0.15) is 0 Å². The van der Waals surface area contributed by atoms with Crippen molar-refractivity contribution in [3.05, 3.63) is 48.6 Å². The van der Waals surface area contributed by atoms with E-state index in [0.29, 0.717) is 19.3 Å². The first-order valence-electron chi connectivity index (χ1n) is 24.6. The maximum atomic E-state index is 12.8. The molecule has 58 heavy (non-hydrogen) atoms. The van der Waals surface area contributed by atoms with Crippen molar-refractivity contribution in [3.8, 4) is 0 Å². The average Bonchev–Trinajstić information content (AvgIpc) is 3.22. The number of carbonyl (C=O) groups is 3. The van der Waals surface area contributed by atoms with Gasteiger partial charge >= 0.3 is 17.9 Å². The second kappa shape index (κ2) is 47.1. The Kier molecular flexibility index (Phi) is 44.9. The van der Waals surface area contributed by atoms with Crippen LogP contribution in [-0.4, -0.2) is 37.2 Å².